The third-order valence-corrected chi connectivity index (χ3v) is 3.76. The molecule has 4 nitrogen and oxygen atoms in total. The van der Waals surface area contributed by atoms with E-state index in [0.717, 1.165) is 17.4 Å². The van der Waals surface area contributed by atoms with Crippen molar-refractivity contribution >= 4 is 21.9 Å². The highest BCUT2D eigenvalue weighted by atomic mass is 79.9. The standard InChI is InChI=1S/C16H17BrN2O2/c1-19(10-8-12-4-6-13(17)7-5-12)11-15-14(16(20)21)3-2-9-18-15/h2-7,9H,8,10-11H2,1H3,(H,20,21). The number of aromatic carboxylic acids is 1. The molecular formula is C16H17BrN2O2. The first-order valence-electron chi connectivity index (χ1n) is 6.66. The van der Waals surface area contributed by atoms with Gasteiger partial charge >= 0.3 is 5.97 Å². The number of benzene rings is 1. The van der Waals surface area contributed by atoms with Crippen molar-refractivity contribution in [2.45, 2.75) is 13.0 Å². The van der Waals surface area contributed by atoms with Crippen LogP contribution in [-0.2, 0) is 13.0 Å². The quantitative estimate of drug-likeness (QED) is 0.870. The first kappa shape index (κ1) is 15.7. The number of carboxylic acids is 1. The Morgan fingerprint density at radius 1 is 1.29 bits per heavy atom. The summed E-state index contributed by atoms with van der Waals surface area (Å²) in [6.07, 6.45) is 2.54. The largest absolute Gasteiger partial charge is 0.478 e. The smallest absolute Gasteiger partial charge is 0.337 e. The van der Waals surface area contributed by atoms with Crippen LogP contribution < -0.4 is 0 Å². The number of carboxylic acid groups (broad SMARTS) is 1. The van der Waals surface area contributed by atoms with Gasteiger partial charge in [0.25, 0.3) is 0 Å². The first-order chi connectivity index (χ1) is 10.1. The van der Waals surface area contributed by atoms with Crippen molar-refractivity contribution in [2.24, 2.45) is 0 Å². The second-order valence-corrected chi connectivity index (χ2v) is 5.83. The molecule has 0 bridgehead atoms. The molecule has 0 aliphatic carbocycles. The molecule has 0 fully saturated rings. The van der Waals surface area contributed by atoms with Gasteiger partial charge in [0.15, 0.2) is 0 Å². The van der Waals surface area contributed by atoms with E-state index in [2.05, 4.69) is 37.9 Å². The second-order valence-electron chi connectivity index (χ2n) is 4.92. The Morgan fingerprint density at radius 2 is 2.00 bits per heavy atom. The zero-order chi connectivity index (χ0) is 15.2. The number of hydrogen-bond acceptors (Lipinski definition) is 3. The van der Waals surface area contributed by atoms with Crippen LogP contribution in [0.5, 0.6) is 0 Å². The average molecular weight is 349 g/mol. The fourth-order valence-electron chi connectivity index (χ4n) is 2.06. The Balaban J connectivity index is 1.94. The van der Waals surface area contributed by atoms with Crippen LogP contribution >= 0.6 is 15.9 Å². The summed E-state index contributed by atoms with van der Waals surface area (Å²) in [5.74, 6) is -0.931. The lowest BCUT2D eigenvalue weighted by Crippen LogP contribution is -2.22. The van der Waals surface area contributed by atoms with Crippen molar-refractivity contribution in [2.75, 3.05) is 13.6 Å². The molecule has 0 saturated carbocycles. The first-order valence-corrected chi connectivity index (χ1v) is 7.46. The van der Waals surface area contributed by atoms with Crippen LogP contribution in [0.2, 0.25) is 0 Å². The van der Waals surface area contributed by atoms with Crippen LogP contribution in [0.3, 0.4) is 0 Å². The number of aromatic nitrogens is 1. The van der Waals surface area contributed by atoms with E-state index in [9.17, 15) is 4.79 Å². The van der Waals surface area contributed by atoms with Gasteiger partial charge in [0.05, 0.1) is 11.3 Å². The molecule has 1 heterocycles. The molecule has 0 radical (unpaired) electrons. The van der Waals surface area contributed by atoms with Crippen molar-refractivity contribution in [3.05, 3.63) is 63.9 Å². The number of nitrogens with zero attached hydrogens (tertiary/aromatic N) is 2. The van der Waals surface area contributed by atoms with Crippen molar-refractivity contribution in [3.8, 4) is 0 Å². The Hall–Kier alpha value is -1.72. The molecule has 0 amide bonds. The maximum absolute atomic E-state index is 11.2. The summed E-state index contributed by atoms with van der Waals surface area (Å²) in [5, 5.41) is 9.15. The number of likely N-dealkylation sites (N-methyl/N-ethyl adjacent to an activating group) is 1. The summed E-state index contributed by atoms with van der Waals surface area (Å²) < 4.78 is 1.07. The van der Waals surface area contributed by atoms with Crippen molar-refractivity contribution in [1.29, 1.82) is 0 Å². The Morgan fingerprint density at radius 3 is 2.67 bits per heavy atom. The van der Waals surface area contributed by atoms with Gasteiger partial charge < -0.3 is 10.0 Å². The Bertz CT molecular complexity index is 614. The lowest BCUT2D eigenvalue weighted by Gasteiger charge is -2.17. The third-order valence-electron chi connectivity index (χ3n) is 3.24. The van der Waals surface area contributed by atoms with Gasteiger partial charge in [-0.05, 0) is 43.3 Å². The van der Waals surface area contributed by atoms with E-state index in [4.69, 9.17) is 5.11 Å². The molecule has 110 valence electrons. The van der Waals surface area contributed by atoms with E-state index in [1.54, 1.807) is 18.3 Å². The van der Waals surface area contributed by atoms with Crippen LogP contribution in [0.15, 0.2) is 47.1 Å². The predicted octanol–water partition coefficient (Wildman–Crippen LogP) is 3.22. The Kier molecular flexibility index (Phi) is 5.47. The molecule has 0 aliphatic rings. The summed E-state index contributed by atoms with van der Waals surface area (Å²) in [4.78, 5) is 17.4. The molecule has 21 heavy (non-hydrogen) atoms. The van der Waals surface area contributed by atoms with Gasteiger partial charge in [-0.3, -0.25) is 4.98 Å². The number of rotatable bonds is 6. The maximum atomic E-state index is 11.2. The highest BCUT2D eigenvalue weighted by Gasteiger charge is 2.12. The lowest BCUT2D eigenvalue weighted by atomic mass is 10.1. The van der Waals surface area contributed by atoms with Gasteiger partial charge in [-0.25, -0.2) is 4.79 Å². The van der Waals surface area contributed by atoms with E-state index >= 15 is 0 Å². The maximum Gasteiger partial charge on any atom is 0.337 e. The van der Waals surface area contributed by atoms with Crippen molar-refractivity contribution in [3.63, 3.8) is 0 Å². The molecule has 1 aromatic carbocycles. The Labute approximate surface area is 132 Å². The van der Waals surface area contributed by atoms with E-state index in [1.165, 1.54) is 5.56 Å². The topological polar surface area (TPSA) is 53.4 Å². The van der Waals surface area contributed by atoms with E-state index < -0.39 is 5.97 Å². The van der Waals surface area contributed by atoms with Gasteiger partial charge in [0.1, 0.15) is 0 Å². The second kappa shape index (κ2) is 7.33. The molecular weight excluding hydrogens is 332 g/mol. The number of pyridine rings is 1. The van der Waals surface area contributed by atoms with Gasteiger partial charge in [0, 0.05) is 23.8 Å². The highest BCUT2D eigenvalue weighted by Crippen LogP contribution is 2.12. The molecule has 1 aromatic heterocycles. The van der Waals surface area contributed by atoms with Crippen LogP contribution in [-0.4, -0.2) is 34.6 Å². The highest BCUT2D eigenvalue weighted by molar-refractivity contribution is 9.10. The zero-order valence-electron chi connectivity index (χ0n) is 11.8. The number of hydrogen-bond donors (Lipinski definition) is 1. The van der Waals surface area contributed by atoms with Gasteiger partial charge in [0.2, 0.25) is 0 Å². The van der Waals surface area contributed by atoms with Gasteiger partial charge in [-0.2, -0.15) is 0 Å². The molecule has 2 rings (SSSR count). The van der Waals surface area contributed by atoms with Crippen LogP contribution in [0.1, 0.15) is 21.6 Å². The molecule has 2 aromatic rings. The molecule has 0 unspecified atom stereocenters. The lowest BCUT2D eigenvalue weighted by molar-refractivity contribution is 0.0694. The van der Waals surface area contributed by atoms with Gasteiger partial charge in [-0.15, -0.1) is 0 Å². The summed E-state index contributed by atoms with van der Waals surface area (Å²) in [7, 11) is 1.97. The molecule has 5 heteroatoms. The fourth-order valence-corrected chi connectivity index (χ4v) is 2.33. The molecule has 0 spiro atoms. The minimum atomic E-state index is -0.931. The predicted molar refractivity (Wildman–Crippen MR) is 85.4 cm³/mol. The number of carbonyl (C=O) groups is 1. The summed E-state index contributed by atoms with van der Waals surface area (Å²) >= 11 is 3.42. The third kappa shape index (κ3) is 4.65. The minimum Gasteiger partial charge on any atom is -0.478 e. The van der Waals surface area contributed by atoms with Crippen LogP contribution in [0, 0.1) is 0 Å². The molecule has 0 aliphatic heterocycles. The van der Waals surface area contributed by atoms with Crippen LogP contribution in [0.25, 0.3) is 0 Å². The van der Waals surface area contributed by atoms with E-state index in [-0.39, 0.29) is 5.56 Å². The van der Waals surface area contributed by atoms with E-state index in [1.807, 2.05) is 19.2 Å². The normalized spacial score (nSPS) is 10.8. The number of halogens is 1. The van der Waals surface area contributed by atoms with Crippen LogP contribution in [0.4, 0.5) is 0 Å². The monoisotopic (exact) mass is 348 g/mol. The molecule has 0 saturated heterocycles. The van der Waals surface area contributed by atoms with Crippen molar-refractivity contribution in [1.82, 2.24) is 9.88 Å². The average Bonchev–Trinajstić information content (AvgIpc) is 2.47. The SMILES string of the molecule is CN(CCc1ccc(Br)cc1)Cc1ncccc1C(=O)O. The van der Waals surface area contributed by atoms with Gasteiger partial charge in [-0.1, -0.05) is 28.1 Å². The summed E-state index contributed by atoms with van der Waals surface area (Å²) in [6, 6.07) is 11.5. The van der Waals surface area contributed by atoms with E-state index in [0.29, 0.717) is 12.2 Å². The fraction of sp³-hybridized carbons (Fsp3) is 0.250. The molecule has 0 atom stereocenters. The summed E-state index contributed by atoms with van der Waals surface area (Å²) in [5.41, 5.74) is 2.13. The van der Waals surface area contributed by atoms with Crippen molar-refractivity contribution < 1.29 is 9.90 Å². The summed E-state index contributed by atoms with van der Waals surface area (Å²) in [6.45, 7) is 1.37. The zero-order valence-corrected chi connectivity index (χ0v) is 13.4. The molecule has 1 N–H and O–H groups in total. The minimum absolute atomic E-state index is 0.271.